The highest BCUT2D eigenvalue weighted by molar-refractivity contribution is 7.88. The average molecular weight is 283 g/mol. The number of benzene rings is 1. The first kappa shape index (κ1) is 14.5. The molecule has 2 rings (SSSR count). The van der Waals surface area contributed by atoms with E-state index in [-0.39, 0.29) is 0 Å². The van der Waals surface area contributed by atoms with Crippen LogP contribution in [0.2, 0.25) is 0 Å². The van der Waals surface area contributed by atoms with Crippen LogP contribution in [0, 0.1) is 0 Å². The molecule has 0 saturated carbocycles. The first-order valence-electron chi connectivity index (χ1n) is 6.29. The Morgan fingerprint density at radius 3 is 2.11 bits per heavy atom. The lowest BCUT2D eigenvalue weighted by molar-refractivity contribution is 0.321. The average Bonchev–Trinajstić information content (AvgIpc) is 2.38. The van der Waals surface area contributed by atoms with Gasteiger partial charge in [0.25, 0.3) is 0 Å². The van der Waals surface area contributed by atoms with Gasteiger partial charge in [0.1, 0.15) is 0 Å². The second kappa shape index (κ2) is 5.62. The van der Waals surface area contributed by atoms with Gasteiger partial charge >= 0.3 is 7.12 Å². The second-order valence-electron chi connectivity index (χ2n) is 4.98. The van der Waals surface area contributed by atoms with E-state index in [4.69, 9.17) is 10.0 Å². The third-order valence-corrected chi connectivity index (χ3v) is 4.93. The zero-order valence-electron chi connectivity index (χ0n) is 10.9. The van der Waals surface area contributed by atoms with Crippen molar-refractivity contribution in [1.82, 2.24) is 4.31 Å². The number of sulfonamides is 1. The van der Waals surface area contributed by atoms with Crippen LogP contribution >= 0.6 is 0 Å². The van der Waals surface area contributed by atoms with Gasteiger partial charge in [-0.05, 0) is 29.8 Å². The van der Waals surface area contributed by atoms with Gasteiger partial charge in [-0.15, -0.1) is 0 Å². The quantitative estimate of drug-likeness (QED) is 0.734. The van der Waals surface area contributed by atoms with E-state index in [1.54, 1.807) is 12.1 Å². The summed E-state index contributed by atoms with van der Waals surface area (Å²) in [6, 6.07) is 7.16. The van der Waals surface area contributed by atoms with Crippen LogP contribution in [0.15, 0.2) is 24.3 Å². The molecule has 1 aliphatic heterocycles. The molecule has 0 amide bonds. The van der Waals surface area contributed by atoms with Crippen molar-refractivity contribution < 1.29 is 18.5 Å². The molecule has 0 atom stereocenters. The Bertz CT molecular complexity index is 521. The zero-order chi connectivity index (χ0) is 14.0. The molecule has 0 unspecified atom stereocenters. The Labute approximate surface area is 114 Å². The summed E-state index contributed by atoms with van der Waals surface area (Å²) in [6.45, 7) is 1.10. The first-order valence-corrected chi connectivity index (χ1v) is 8.14. The van der Waals surface area contributed by atoms with Gasteiger partial charge in [0.2, 0.25) is 10.0 Å². The van der Waals surface area contributed by atoms with E-state index < -0.39 is 17.1 Å². The van der Waals surface area contributed by atoms with Crippen molar-refractivity contribution >= 4 is 22.6 Å². The van der Waals surface area contributed by atoms with E-state index in [9.17, 15) is 8.42 Å². The second-order valence-corrected chi connectivity index (χ2v) is 6.96. The smallest absolute Gasteiger partial charge is 0.423 e. The molecular weight excluding hydrogens is 265 g/mol. The van der Waals surface area contributed by atoms with Crippen LogP contribution < -0.4 is 5.46 Å². The minimum atomic E-state index is -3.08. The highest BCUT2D eigenvalue weighted by Gasteiger charge is 2.25. The Kier molecular flexibility index (Phi) is 4.30. The molecule has 1 aromatic carbocycles. The summed E-state index contributed by atoms with van der Waals surface area (Å²) in [5.41, 5.74) is 1.59. The van der Waals surface area contributed by atoms with Crippen LogP contribution in [0.5, 0.6) is 0 Å². The SMILES string of the molecule is CS(=O)(=O)N1CCC(c2ccc(B(O)O)cc2)CC1. The molecule has 1 fully saturated rings. The van der Waals surface area contributed by atoms with E-state index >= 15 is 0 Å². The van der Waals surface area contributed by atoms with Gasteiger partial charge in [-0.25, -0.2) is 12.7 Å². The van der Waals surface area contributed by atoms with Crippen molar-refractivity contribution in [3.63, 3.8) is 0 Å². The monoisotopic (exact) mass is 283 g/mol. The molecule has 104 valence electrons. The van der Waals surface area contributed by atoms with Gasteiger partial charge in [0.15, 0.2) is 0 Å². The fourth-order valence-electron chi connectivity index (χ4n) is 2.46. The lowest BCUT2D eigenvalue weighted by Crippen LogP contribution is -2.37. The van der Waals surface area contributed by atoms with Crippen LogP contribution in [-0.2, 0) is 10.0 Å². The molecule has 1 saturated heterocycles. The molecular formula is C12H18BNO4S. The van der Waals surface area contributed by atoms with E-state index in [1.165, 1.54) is 10.6 Å². The number of piperidine rings is 1. The van der Waals surface area contributed by atoms with E-state index in [0.29, 0.717) is 24.5 Å². The minimum absolute atomic E-state index is 0.336. The summed E-state index contributed by atoms with van der Waals surface area (Å²) >= 11 is 0. The lowest BCUT2D eigenvalue weighted by atomic mass is 9.79. The highest BCUT2D eigenvalue weighted by Crippen LogP contribution is 2.28. The minimum Gasteiger partial charge on any atom is -0.423 e. The van der Waals surface area contributed by atoms with Crippen molar-refractivity contribution in [2.24, 2.45) is 0 Å². The molecule has 5 nitrogen and oxygen atoms in total. The molecule has 1 aliphatic rings. The van der Waals surface area contributed by atoms with Crippen molar-refractivity contribution in [3.8, 4) is 0 Å². The highest BCUT2D eigenvalue weighted by atomic mass is 32.2. The molecule has 1 heterocycles. The third-order valence-electron chi connectivity index (χ3n) is 3.63. The number of nitrogens with zero attached hydrogens (tertiary/aromatic N) is 1. The van der Waals surface area contributed by atoms with Crippen molar-refractivity contribution in [2.45, 2.75) is 18.8 Å². The van der Waals surface area contributed by atoms with Crippen LogP contribution in [-0.4, -0.2) is 49.2 Å². The van der Waals surface area contributed by atoms with Crippen LogP contribution in [0.1, 0.15) is 24.3 Å². The maximum absolute atomic E-state index is 11.4. The van der Waals surface area contributed by atoms with E-state index in [2.05, 4.69) is 0 Å². The summed E-state index contributed by atoms with van der Waals surface area (Å²) in [4.78, 5) is 0. The molecule has 0 radical (unpaired) electrons. The Balaban J connectivity index is 2.02. The molecule has 2 N–H and O–H groups in total. The molecule has 0 bridgehead atoms. The molecule has 1 aromatic rings. The maximum Gasteiger partial charge on any atom is 0.488 e. The van der Waals surface area contributed by atoms with Crippen molar-refractivity contribution in [2.75, 3.05) is 19.3 Å². The molecule has 0 aromatic heterocycles. The largest absolute Gasteiger partial charge is 0.488 e. The van der Waals surface area contributed by atoms with Crippen LogP contribution in [0.3, 0.4) is 0 Å². The summed E-state index contributed by atoms with van der Waals surface area (Å²) in [6.07, 6.45) is 2.84. The normalized spacial score (nSPS) is 18.5. The summed E-state index contributed by atoms with van der Waals surface area (Å²) < 4.78 is 24.3. The van der Waals surface area contributed by atoms with Crippen molar-refractivity contribution in [1.29, 1.82) is 0 Å². The van der Waals surface area contributed by atoms with Gasteiger partial charge in [0.05, 0.1) is 6.26 Å². The summed E-state index contributed by atoms with van der Waals surface area (Å²) in [5.74, 6) is 0.336. The predicted octanol–water partition coefficient (Wildman–Crippen LogP) is -0.495. The summed E-state index contributed by atoms with van der Waals surface area (Å²) in [5, 5.41) is 18.1. The first-order chi connectivity index (χ1) is 8.88. The summed E-state index contributed by atoms with van der Waals surface area (Å²) in [7, 11) is -4.53. The third kappa shape index (κ3) is 3.57. The maximum atomic E-state index is 11.4. The molecule has 0 spiro atoms. The molecule has 19 heavy (non-hydrogen) atoms. The van der Waals surface area contributed by atoms with Crippen LogP contribution in [0.25, 0.3) is 0 Å². The Morgan fingerprint density at radius 1 is 1.16 bits per heavy atom. The Hall–Kier alpha value is -0.885. The van der Waals surface area contributed by atoms with Gasteiger partial charge in [-0.1, -0.05) is 24.3 Å². The molecule has 0 aliphatic carbocycles. The zero-order valence-corrected chi connectivity index (χ0v) is 11.7. The van der Waals surface area contributed by atoms with E-state index in [0.717, 1.165) is 18.4 Å². The van der Waals surface area contributed by atoms with E-state index in [1.807, 2.05) is 12.1 Å². The van der Waals surface area contributed by atoms with Gasteiger partial charge < -0.3 is 10.0 Å². The molecule has 7 heteroatoms. The number of hydrogen-bond acceptors (Lipinski definition) is 4. The van der Waals surface area contributed by atoms with Crippen LogP contribution in [0.4, 0.5) is 0 Å². The fraction of sp³-hybridized carbons (Fsp3) is 0.500. The number of rotatable bonds is 3. The standard InChI is InChI=1S/C12H18BNO4S/c1-19(17,18)14-8-6-11(7-9-14)10-2-4-12(5-3-10)13(15)16/h2-5,11,15-16H,6-9H2,1H3. The van der Waals surface area contributed by atoms with Gasteiger partial charge in [0, 0.05) is 13.1 Å². The lowest BCUT2D eigenvalue weighted by Gasteiger charge is -2.30. The predicted molar refractivity (Wildman–Crippen MR) is 74.7 cm³/mol. The topological polar surface area (TPSA) is 77.8 Å². The number of hydrogen-bond donors (Lipinski definition) is 2. The van der Waals surface area contributed by atoms with Gasteiger partial charge in [-0.2, -0.15) is 0 Å². The Morgan fingerprint density at radius 2 is 1.68 bits per heavy atom. The van der Waals surface area contributed by atoms with Crippen molar-refractivity contribution in [3.05, 3.63) is 29.8 Å². The van der Waals surface area contributed by atoms with Gasteiger partial charge in [-0.3, -0.25) is 0 Å². The fourth-order valence-corrected chi connectivity index (χ4v) is 3.34.